The van der Waals surface area contributed by atoms with E-state index in [9.17, 15) is 27.3 Å². The Morgan fingerprint density at radius 2 is 1.69 bits per heavy atom. The van der Waals surface area contributed by atoms with Crippen LogP contribution in [0.5, 0.6) is 0 Å². The molecule has 6 nitrogen and oxygen atoms in total. The van der Waals surface area contributed by atoms with E-state index >= 15 is 0 Å². The Morgan fingerprint density at radius 1 is 1.12 bits per heavy atom. The molecule has 1 aromatic rings. The van der Waals surface area contributed by atoms with Crippen LogP contribution in [0.2, 0.25) is 0 Å². The minimum absolute atomic E-state index is 0.0255. The normalized spacial score (nSPS) is 25.8. The minimum Gasteiger partial charge on any atom is -0.347 e. The highest BCUT2D eigenvalue weighted by Gasteiger charge is 2.49. The van der Waals surface area contributed by atoms with E-state index in [1.54, 1.807) is 0 Å². The van der Waals surface area contributed by atoms with Gasteiger partial charge in [0.25, 0.3) is 11.8 Å². The van der Waals surface area contributed by atoms with Gasteiger partial charge in [-0.1, -0.05) is 13.0 Å². The van der Waals surface area contributed by atoms with Crippen molar-refractivity contribution in [2.45, 2.75) is 88.8 Å². The van der Waals surface area contributed by atoms with Crippen LogP contribution in [0.25, 0.3) is 0 Å². The number of sulfonamides is 1. The topological polar surface area (TPSA) is 99.1 Å². The molecule has 0 spiro atoms. The van der Waals surface area contributed by atoms with Crippen molar-refractivity contribution in [2.24, 2.45) is 5.41 Å². The number of nitriles is 1. The van der Waals surface area contributed by atoms with Gasteiger partial charge in [0.15, 0.2) is 0 Å². The second-order valence-electron chi connectivity index (χ2n) is 10.2. The first-order valence-electron chi connectivity index (χ1n) is 11.0. The number of fused-ring (bicyclic) bond motifs is 3. The number of nitrogens with one attached hydrogen (secondary N) is 2. The van der Waals surface area contributed by atoms with Gasteiger partial charge in [0.1, 0.15) is 0 Å². The predicted molar refractivity (Wildman–Crippen MR) is 119 cm³/mol. The third kappa shape index (κ3) is 4.47. The van der Waals surface area contributed by atoms with Crippen LogP contribution in [0.15, 0.2) is 18.2 Å². The number of halogens is 2. The average Bonchev–Trinajstić information content (AvgIpc) is 2.74. The van der Waals surface area contributed by atoms with E-state index < -0.39 is 38.6 Å². The van der Waals surface area contributed by atoms with Crippen LogP contribution in [0.3, 0.4) is 0 Å². The number of nitrogens with zero attached hydrogens (tertiary/aromatic N) is 1. The Bertz CT molecular complexity index is 1030. The number of rotatable bonds is 6. The second-order valence-corrected chi connectivity index (χ2v) is 12.6. The molecule has 176 valence electrons. The number of hydrogen-bond acceptors (Lipinski definition) is 4. The van der Waals surface area contributed by atoms with Crippen LogP contribution in [0.1, 0.15) is 88.6 Å². The molecule has 32 heavy (non-hydrogen) atoms. The maximum Gasteiger partial charge on any atom is 0.273 e. The molecule has 3 saturated carbocycles. The molecule has 2 bridgehead atoms. The molecule has 1 aromatic carbocycles. The monoisotopic (exact) mass is 467 g/mol. The molecule has 2 N–H and O–H groups in total. The van der Waals surface area contributed by atoms with Crippen molar-refractivity contribution in [1.29, 1.82) is 5.26 Å². The van der Waals surface area contributed by atoms with Crippen LogP contribution in [-0.2, 0) is 15.9 Å². The zero-order valence-electron chi connectivity index (χ0n) is 19.0. The summed E-state index contributed by atoms with van der Waals surface area (Å²) in [6.45, 7) is 5.89. The van der Waals surface area contributed by atoms with Gasteiger partial charge in [-0.15, -0.1) is 0 Å². The van der Waals surface area contributed by atoms with Gasteiger partial charge < -0.3 is 5.32 Å². The Kier molecular flexibility index (Phi) is 6.09. The number of carbonyl (C=O) groups excluding carboxylic acids is 1. The number of anilines is 1. The second kappa shape index (κ2) is 7.98. The highest BCUT2D eigenvalue weighted by molar-refractivity contribution is 7.94. The molecule has 4 rings (SSSR count). The Morgan fingerprint density at radius 3 is 2.16 bits per heavy atom. The lowest BCUT2D eigenvalue weighted by Gasteiger charge is -2.50. The van der Waals surface area contributed by atoms with E-state index in [0.717, 1.165) is 12.1 Å². The lowest BCUT2D eigenvalue weighted by Crippen LogP contribution is -2.56. The molecule has 0 heterocycles. The van der Waals surface area contributed by atoms with E-state index in [2.05, 4.69) is 16.1 Å². The van der Waals surface area contributed by atoms with Crippen molar-refractivity contribution in [3.8, 4) is 6.07 Å². The lowest BCUT2D eigenvalue weighted by atomic mass is 9.58. The Labute approximate surface area is 188 Å². The van der Waals surface area contributed by atoms with Gasteiger partial charge in [-0.05, 0) is 71.4 Å². The zero-order valence-corrected chi connectivity index (χ0v) is 19.8. The van der Waals surface area contributed by atoms with Crippen molar-refractivity contribution in [2.75, 3.05) is 4.72 Å². The molecule has 0 aromatic heterocycles. The maximum atomic E-state index is 14.4. The number of amides is 1. The van der Waals surface area contributed by atoms with Gasteiger partial charge >= 0.3 is 0 Å². The Balaban J connectivity index is 1.96. The van der Waals surface area contributed by atoms with Gasteiger partial charge in [0.2, 0.25) is 10.0 Å². The molecular weight excluding hydrogens is 436 g/mol. The molecule has 0 radical (unpaired) electrons. The van der Waals surface area contributed by atoms with Gasteiger partial charge in [-0.2, -0.15) is 5.26 Å². The molecule has 3 fully saturated rings. The van der Waals surface area contributed by atoms with E-state index in [4.69, 9.17) is 0 Å². The molecular formula is C23H31F2N3O3S. The molecule has 3 aliphatic carbocycles. The first kappa shape index (κ1) is 24.4. The maximum absolute atomic E-state index is 14.4. The SMILES string of the molecule is CCC(F)(F)c1ccc(NS(=O)(=O)C(C)(C)C)c(C(=O)NC23CCC(C#N)(CC2)CC3)c1. The summed E-state index contributed by atoms with van der Waals surface area (Å²) < 4.78 is 55.4. The standard InChI is InChI=1S/C23H31F2N3O3S/c1-5-23(24,25)16-6-7-18(28-32(30,31)20(2,3)4)17(14-16)19(29)27-22-11-8-21(15-26,9-12-22)10-13-22/h6-7,14,28H,5,8-13H2,1-4H3,(H,27,29). The van der Waals surface area contributed by atoms with Crippen molar-refractivity contribution in [3.05, 3.63) is 29.3 Å². The van der Waals surface area contributed by atoms with Crippen molar-refractivity contribution >= 4 is 21.6 Å². The fraction of sp³-hybridized carbons (Fsp3) is 0.652. The summed E-state index contributed by atoms with van der Waals surface area (Å²) in [6.07, 6.45) is 3.52. The van der Waals surface area contributed by atoms with E-state index in [-0.39, 0.29) is 22.2 Å². The van der Waals surface area contributed by atoms with Crippen LogP contribution in [0, 0.1) is 16.7 Å². The van der Waals surface area contributed by atoms with Crippen molar-refractivity contribution in [3.63, 3.8) is 0 Å². The number of hydrogen-bond donors (Lipinski definition) is 2. The summed E-state index contributed by atoms with van der Waals surface area (Å²) in [7, 11) is -3.87. The molecule has 0 unspecified atom stereocenters. The zero-order chi connectivity index (χ0) is 24.0. The number of carbonyl (C=O) groups is 1. The third-order valence-electron chi connectivity index (χ3n) is 7.04. The largest absolute Gasteiger partial charge is 0.347 e. The van der Waals surface area contributed by atoms with Crippen LogP contribution in [-0.4, -0.2) is 24.6 Å². The van der Waals surface area contributed by atoms with Gasteiger partial charge in [0, 0.05) is 17.5 Å². The van der Waals surface area contributed by atoms with Crippen molar-refractivity contribution in [1.82, 2.24) is 5.32 Å². The number of benzene rings is 1. The van der Waals surface area contributed by atoms with Crippen molar-refractivity contribution < 1.29 is 22.0 Å². The van der Waals surface area contributed by atoms with Crippen LogP contribution >= 0.6 is 0 Å². The number of alkyl halides is 2. The lowest BCUT2D eigenvalue weighted by molar-refractivity contribution is -0.00831. The first-order chi connectivity index (χ1) is 14.7. The van der Waals surface area contributed by atoms with Crippen LogP contribution < -0.4 is 10.0 Å². The summed E-state index contributed by atoms with van der Waals surface area (Å²) in [5.74, 6) is -3.73. The molecule has 0 atom stereocenters. The molecule has 9 heteroatoms. The summed E-state index contributed by atoms with van der Waals surface area (Å²) in [4.78, 5) is 13.3. The summed E-state index contributed by atoms with van der Waals surface area (Å²) in [6, 6.07) is 5.89. The fourth-order valence-corrected chi connectivity index (χ4v) is 5.17. The van der Waals surface area contributed by atoms with E-state index in [0.29, 0.717) is 38.5 Å². The fourth-order valence-electron chi connectivity index (χ4n) is 4.40. The minimum atomic E-state index is -3.87. The average molecular weight is 468 g/mol. The molecule has 0 saturated heterocycles. The highest BCUT2D eigenvalue weighted by atomic mass is 32.2. The third-order valence-corrected chi connectivity index (χ3v) is 9.14. The summed E-state index contributed by atoms with van der Waals surface area (Å²) in [5.41, 5.74) is -1.32. The molecule has 1 amide bonds. The van der Waals surface area contributed by atoms with E-state index in [1.807, 2.05) is 0 Å². The quantitative estimate of drug-likeness (QED) is 0.610. The highest BCUT2D eigenvalue weighted by Crippen LogP contribution is 2.52. The summed E-state index contributed by atoms with van der Waals surface area (Å²) in [5, 5.41) is 12.5. The molecule has 0 aliphatic heterocycles. The smallest absolute Gasteiger partial charge is 0.273 e. The first-order valence-corrected chi connectivity index (χ1v) is 12.5. The summed E-state index contributed by atoms with van der Waals surface area (Å²) >= 11 is 0. The Hall–Kier alpha value is -2.21. The van der Waals surface area contributed by atoms with Gasteiger partial charge in [0.05, 0.1) is 27.5 Å². The molecule has 3 aliphatic rings. The van der Waals surface area contributed by atoms with Crippen LogP contribution in [0.4, 0.5) is 14.5 Å². The van der Waals surface area contributed by atoms with E-state index in [1.165, 1.54) is 33.8 Å². The van der Waals surface area contributed by atoms with Gasteiger partial charge in [-0.25, -0.2) is 17.2 Å². The predicted octanol–water partition coefficient (Wildman–Crippen LogP) is 5.07. The van der Waals surface area contributed by atoms with Gasteiger partial charge in [-0.3, -0.25) is 9.52 Å².